The van der Waals surface area contributed by atoms with E-state index in [2.05, 4.69) is 14.1 Å². The van der Waals surface area contributed by atoms with Gasteiger partial charge >= 0.3 is 0 Å². The van der Waals surface area contributed by atoms with E-state index < -0.39 is 0 Å². The first-order valence-electron chi connectivity index (χ1n) is 9.39. The number of benzene rings is 2. The smallest absolute Gasteiger partial charge is 0.260 e. The summed E-state index contributed by atoms with van der Waals surface area (Å²) in [5.41, 5.74) is 2.57. The number of quaternary nitrogens is 1. The maximum Gasteiger partial charge on any atom is 0.260 e. The molecular weight excluding hydrogens is 374 g/mol. The van der Waals surface area contributed by atoms with E-state index >= 15 is 0 Å². The molecule has 7 heteroatoms. The third-order valence-corrected chi connectivity index (χ3v) is 5.66. The Morgan fingerprint density at radius 3 is 2.64 bits per heavy atom. The first kappa shape index (κ1) is 18.7. The van der Waals surface area contributed by atoms with Crippen LogP contribution in [0.25, 0.3) is 10.2 Å². The molecular formula is C21H24N3O3S+. The van der Waals surface area contributed by atoms with Crippen molar-refractivity contribution in [2.24, 2.45) is 0 Å². The van der Waals surface area contributed by atoms with E-state index in [1.807, 2.05) is 43.3 Å². The van der Waals surface area contributed by atoms with Gasteiger partial charge in [0.15, 0.2) is 16.6 Å². The number of aryl methyl sites for hydroxylation is 1. The number of hydrogen-bond acceptors (Lipinski definition) is 5. The molecule has 0 spiro atoms. The first-order valence-corrected chi connectivity index (χ1v) is 10.2. The number of ether oxygens (including phenoxy) is 2. The van der Waals surface area contributed by atoms with E-state index in [4.69, 9.17) is 14.5 Å². The Morgan fingerprint density at radius 1 is 1.18 bits per heavy atom. The van der Waals surface area contributed by atoms with Gasteiger partial charge in [0, 0.05) is 17.7 Å². The number of amides is 1. The number of thiazole rings is 1. The van der Waals surface area contributed by atoms with Crippen LogP contribution in [0.1, 0.15) is 15.9 Å². The average Bonchev–Trinajstić information content (AvgIpc) is 3.08. The summed E-state index contributed by atoms with van der Waals surface area (Å²) in [7, 11) is 4.16. The third-order valence-electron chi connectivity index (χ3n) is 4.62. The monoisotopic (exact) mass is 398 g/mol. The van der Waals surface area contributed by atoms with Crippen molar-refractivity contribution in [2.75, 3.05) is 45.3 Å². The Balaban J connectivity index is 1.72. The second-order valence-electron chi connectivity index (χ2n) is 7.24. The molecule has 2 heterocycles. The average molecular weight is 399 g/mol. The maximum atomic E-state index is 13.3. The van der Waals surface area contributed by atoms with Crippen LogP contribution in [-0.4, -0.2) is 51.3 Å². The largest absolute Gasteiger partial charge is 0.486 e. The normalized spacial score (nSPS) is 13.1. The fraction of sp³-hybridized carbons (Fsp3) is 0.333. The Kier molecular flexibility index (Phi) is 5.19. The zero-order chi connectivity index (χ0) is 19.7. The van der Waals surface area contributed by atoms with Gasteiger partial charge in [0.2, 0.25) is 0 Å². The summed E-state index contributed by atoms with van der Waals surface area (Å²) in [6.45, 7) is 4.51. The minimum Gasteiger partial charge on any atom is -0.486 e. The standard InChI is InChI=1S/C21H23N3O3S/c1-14-5-4-6-15(11-14)20(25)24(8-7-23(2)3)21-22-16-12-17-18(13-19(16)28-21)27-10-9-26-17/h4-6,11-13H,7-10H2,1-3H3/p+1. The summed E-state index contributed by atoms with van der Waals surface area (Å²) in [4.78, 5) is 21.1. The van der Waals surface area contributed by atoms with Crippen LogP contribution in [-0.2, 0) is 0 Å². The van der Waals surface area contributed by atoms with Crippen molar-refractivity contribution in [2.45, 2.75) is 6.92 Å². The third kappa shape index (κ3) is 3.81. The van der Waals surface area contributed by atoms with Crippen molar-refractivity contribution in [3.63, 3.8) is 0 Å². The fourth-order valence-corrected chi connectivity index (χ4v) is 4.12. The lowest BCUT2D eigenvalue weighted by Crippen LogP contribution is -3.06. The van der Waals surface area contributed by atoms with Gasteiger partial charge in [0.25, 0.3) is 5.91 Å². The van der Waals surface area contributed by atoms with Crippen LogP contribution in [0.2, 0.25) is 0 Å². The lowest BCUT2D eigenvalue weighted by Gasteiger charge is -2.21. The maximum absolute atomic E-state index is 13.3. The van der Waals surface area contributed by atoms with E-state index in [1.165, 1.54) is 16.2 Å². The molecule has 2 aromatic carbocycles. The molecule has 4 rings (SSSR count). The summed E-state index contributed by atoms with van der Waals surface area (Å²) >= 11 is 1.51. The molecule has 146 valence electrons. The second-order valence-corrected chi connectivity index (χ2v) is 8.25. The molecule has 0 saturated heterocycles. The Bertz CT molecular complexity index is 972. The summed E-state index contributed by atoms with van der Waals surface area (Å²) in [5, 5.41) is 0.699. The zero-order valence-electron chi connectivity index (χ0n) is 16.3. The lowest BCUT2D eigenvalue weighted by atomic mass is 10.1. The van der Waals surface area contributed by atoms with Crippen molar-refractivity contribution < 1.29 is 19.2 Å². The van der Waals surface area contributed by atoms with Gasteiger partial charge in [0.1, 0.15) is 13.2 Å². The van der Waals surface area contributed by atoms with Crippen LogP contribution in [0.15, 0.2) is 36.4 Å². The summed E-state index contributed by atoms with van der Waals surface area (Å²) < 4.78 is 12.3. The topological polar surface area (TPSA) is 56.1 Å². The highest BCUT2D eigenvalue weighted by molar-refractivity contribution is 7.22. The van der Waals surface area contributed by atoms with Gasteiger partial charge in [-0.3, -0.25) is 9.69 Å². The summed E-state index contributed by atoms with van der Waals surface area (Å²) in [5.74, 6) is 1.43. The SMILES string of the molecule is Cc1cccc(C(=O)N(CC[NH+](C)C)c2nc3cc4c(cc3s2)OCCO4)c1. The summed E-state index contributed by atoms with van der Waals surface area (Å²) in [6.07, 6.45) is 0. The zero-order valence-corrected chi connectivity index (χ0v) is 17.1. The van der Waals surface area contributed by atoms with Crippen molar-refractivity contribution in [1.82, 2.24) is 4.98 Å². The molecule has 1 amide bonds. The van der Waals surface area contributed by atoms with Gasteiger partial charge in [-0.2, -0.15) is 0 Å². The van der Waals surface area contributed by atoms with Crippen LogP contribution in [0.4, 0.5) is 5.13 Å². The highest BCUT2D eigenvalue weighted by Gasteiger charge is 2.23. The van der Waals surface area contributed by atoms with Gasteiger partial charge in [-0.25, -0.2) is 4.98 Å². The van der Waals surface area contributed by atoms with Crippen LogP contribution in [0.5, 0.6) is 11.5 Å². The molecule has 1 N–H and O–H groups in total. The van der Waals surface area contributed by atoms with Crippen molar-refractivity contribution in [3.8, 4) is 11.5 Å². The van der Waals surface area contributed by atoms with Gasteiger partial charge < -0.3 is 14.4 Å². The molecule has 0 fully saturated rings. The number of hydrogen-bond donors (Lipinski definition) is 1. The van der Waals surface area contributed by atoms with Crippen molar-refractivity contribution in [1.29, 1.82) is 0 Å². The number of aromatic nitrogens is 1. The van der Waals surface area contributed by atoms with E-state index in [1.54, 1.807) is 4.90 Å². The molecule has 3 aromatic rings. The van der Waals surface area contributed by atoms with E-state index in [-0.39, 0.29) is 5.91 Å². The number of rotatable bonds is 5. The van der Waals surface area contributed by atoms with Gasteiger partial charge in [-0.15, -0.1) is 0 Å². The highest BCUT2D eigenvalue weighted by atomic mass is 32.1. The number of anilines is 1. The van der Waals surface area contributed by atoms with Crippen molar-refractivity contribution in [3.05, 3.63) is 47.5 Å². The number of fused-ring (bicyclic) bond motifs is 2. The van der Waals surface area contributed by atoms with Crippen LogP contribution < -0.4 is 19.3 Å². The van der Waals surface area contributed by atoms with Crippen LogP contribution in [0.3, 0.4) is 0 Å². The van der Waals surface area contributed by atoms with E-state index in [9.17, 15) is 4.79 Å². The summed E-state index contributed by atoms with van der Waals surface area (Å²) in [6, 6.07) is 11.5. The fourth-order valence-electron chi connectivity index (χ4n) is 3.12. The Labute approximate surface area is 168 Å². The number of nitrogens with one attached hydrogen (secondary N) is 1. The Hall–Kier alpha value is -2.64. The molecule has 0 aliphatic carbocycles. The van der Waals surface area contributed by atoms with Crippen LogP contribution >= 0.6 is 11.3 Å². The minimum absolute atomic E-state index is 0.0266. The number of carbonyl (C=O) groups is 1. The highest BCUT2D eigenvalue weighted by Crippen LogP contribution is 2.39. The molecule has 6 nitrogen and oxygen atoms in total. The molecule has 0 atom stereocenters. The van der Waals surface area contributed by atoms with E-state index in [0.29, 0.717) is 36.2 Å². The quantitative estimate of drug-likeness (QED) is 0.716. The minimum atomic E-state index is -0.0266. The molecule has 0 bridgehead atoms. The predicted molar refractivity (Wildman–Crippen MR) is 111 cm³/mol. The first-order chi connectivity index (χ1) is 13.5. The van der Waals surface area contributed by atoms with Gasteiger partial charge in [-0.1, -0.05) is 29.0 Å². The molecule has 0 unspecified atom stereocenters. The number of nitrogens with zero attached hydrogens (tertiary/aromatic N) is 2. The molecule has 1 aliphatic heterocycles. The molecule has 0 radical (unpaired) electrons. The van der Waals surface area contributed by atoms with E-state index in [0.717, 1.165) is 28.1 Å². The molecule has 0 saturated carbocycles. The Morgan fingerprint density at radius 2 is 1.93 bits per heavy atom. The lowest BCUT2D eigenvalue weighted by molar-refractivity contribution is -0.856. The predicted octanol–water partition coefficient (Wildman–Crippen LogP) is 2.17. The number of carbonyl (C=O) groups excluding carboxylic acids is 1. The van der Waals surface area contributed by atoms with Crippen LogP contribution in [0, 0.1) is 6.92 Å². The van der Waals surface area contributed by atoms with Gasteiger partial charge in [-0.05, 0) is 19.1 Å². The molecule has 1 aliphatic rings. The molecule has 1 aromatic heterocycles. The number of likely N-dealkylation sites (N-methyl/N-ethyl adjacent to an activating group) is 1. The molecule has 28 heavy (non-hydrogen) atoms. The van der Waals surface area contributed by atoms with Gasteiger partial charge in [0.05, 0.1) is 37.4 Å². The van der Waals surface area contributed by atoms with Crippen molar-refractivity contribution >= 4 is 32.6 Å². The second kappa shape index (κ2) is 7.77.